The minimum absolute atomic E-state index is 1.22. The van der Waals surface area contributed by atoms with E-state index in [1.54, 1.807) is 4.88 Å². The molecule has 76 valence electrons. The van der Waals surface area contributed by atoms with Gasteiger partial charge in [-0.3, -0.25) is 0 Å². The molecule has 2 nitrogen and oxygen atoms in total. The molecule has 0 aromatic carbocycles. The fraction of sp³-hybridized carbons (Fsp3) is 0.727. The maximum absolute atomic E-state index is 4.78. The average Bonchev–Trinajstić information content (AvgIpc) is 2.86. The second kappa shape index (κ2) is 3.54. The Labute approximate surface area is 89.0 Å². The summed E-state index contributed by atoms with van der Waals surface area (Å²) in [5.74, 6) is 0. The number of aryl methyl sites for hydroxylation is 2. The Balaban J connectivity index is 1.87. The van der Waals surface area contributed by atoms with Gasteiger partial charge in [-0.15, -0.1) is 11.3 Å². The standard InChI is InChI=1S/C11H16N2S/c1-2-6-10-9(5-1)12-11(14-10)13-7-3-4-8-13/h1-8H2. The molecule has 2 heterocycles. The summed E-state index contributed by atoms with van der Waals surface area (Å²) in [6.07, 6.45) is 7.92. The number of hydrogen-bond acceptors (Lipinski definition) is 3. The summed E-state index contributed by atoms with van der Waals surface area (Å²) in [5.41, 5.74) is 1.41. The van der Waals surface area contributed by atoms with E-state index in [1.807, 2.05) is 11.3 Å². The SMILES string of the molecule is C1CCc2sc(N3CCCC3)nc2C1. The first-order chi connectivity index (χ1) is 6.93. The molecule has 0 saturated carbocycles. The van der Waals surface area contributed by atoms with Gasteiger partial charge < -0.3 is 4.90 Å². The summed E-state index contributed by atoms with van der Waals surface area (Å²) in [5, 5.41) is 1.30. The minimum Gasteiger partial charge on any atom is -0.348 e. The fourth-order valence-corrected chi connectivity index (χ4v) is 3.58. The van der Waals surface area contributed by atoms with Crippen molar-refractivity contribution in [3.63, 3.8) is 0 Å². The van der Waals surface area contributed by atoms with Crippen LogP contribution >= 0.6 is 11.3 Å². The predicted molar refractivity (Wildman–Crippen MR) is 60.2 cm³/mol. The van der Waals surface area contributed by atoms with E-state index < -0.39 is 0 Å². The predicted octanol–water partition coefficient (Wildman–Crippen LogP) is 2.62. The van der Waals surface area contributed by atoms with Crippen molar-refractivity contribution in [3.05, 3.63) is 10.6 Å². The van der Waals surface area contributed by atoms with E-state index in [1.165, 1.54) is 62.4 Å². The third kappa shape index (κ3) is 1.44. The highest BCUT2D eigenvalue weighted by molar-refractivity contribution is 7.15. The van der Waals surface area contributed by atoms with Crippen LogP contribution in [0.1, 0.15) is 36.3 Å². The summed E-state index contributed by atoms with van der Waals surface area (Å²) in [6.45, 7) is 2.46. The average molecular weight is 208 g/mol. The van der Waals surface area contributed by atoms with Gasteiger partial charge in [-0.1, -0.05) is 0 Å². The highest BCUT2D eigenvalue weighted by atomic mass is 32.1. The van der Waals surface area contributed by atoms with Gasteiger partial charge in [0.2, 0.25) is 0 Å². The van der Waals surface area contributed by atoms with E-state index >= 15 is 0 Å². The molecule has 14 heavy (non-hydrogen) atoms. The Hall–Kier alpha value is -0.570. The molecule has 0 amide bonds. The highest BCUT2D eigenvalue weighted by Crippen LogP contribution is 2.32. The van der Waals surface area contributed by atoms with Crippen LogP contribution in [0.15, 0.2) is 0 Å². The van der Waals surface area contributed by atoms with Crippen LogP contribution in [-0.2, 0) is 12.8 Å². The number of thiazole rings is 1. The Morgan fingerprint density at radius 2 is 1.79 bits per heavy atom. The molecule has 0 radical (unpaired) electrons. The number of anilines is 1. The van der Waals surface area contributed by atoms with Crippen molar-refractivity contribution >= 4 is 16.5 Å². The lowest BCUT2D eigenvalue weighted by Crippen LogP contribution is -2.17. The smallest absolute Gasteiger partial charge is 0.185 e. The number of nitrogens with zero attached hydrogens (tertiary/aromatic N) is 2. The Morgan fingerprint density at radius 1 is 1.00 bits per heavy atom. The Kier molecular flexibility index (Phi) is 2.20. The maximum Gasteiger partial charge on any atom is 0.185 e. The summed E-state index contributed by atoms with van der Waals surface area (Å²) in [4.78, 5) is 8.81. The number of hydrogen-bond donors (Lipinski definition) is 0. The first-order valence-corrected chi connectivity index (χ1v) is 6.49. The van der Waals surface area contributed by atoms with Crippen molar-refractivity contribution in [2.75, 3.05) is 18.0 Å². The zero-order chi connectivity index (χ0) is 9.38. The van der Waals surface area contributed by atoms with E-state index in [4.69, 9.17) is 4.98 Å². The van der Waals surface area contributed by atoms with Crippen LogP contribution < -0.4 is 4.90 Å². The van der Waals surface area contributed by atoms with Crippen LogP contribution in [0.25, 0.3) is 0 Å². The number of fused-ring (bicyclic) bond motifs is 1. The molecule has 1 aliphatic carbocycles. The van der Waals surface area contributed by atoms with Crippen molar-refractivity contribution in [2.24, 2.45) is 0 Å². The minimum atomic E-state index is 1.22. The van der Waals surface area contributed by atoms with Crippen LogP contribution in [0.2, 0.25) is 0 Å². The number of rotatable bonds is 1. The molecule has 0 atom stereocenters. The van der Waals surface area contributed by atoms with Gasteiger partial charge in [0.25, 0.3) is 0 Å². The quantitative estimate of drug-likeness (QED) is 0.705. The molecule has 1 aliphatic heterocycles. The van der Waals surface area contributed by atoms with Gasteiger partial charge in [0.15, 0.2) is 5.13 Å². The van der Waals surface area contributed by atoms with Crippen molar-refractivity contribution in [1.29, 1.82) is 0 Å². The van der Waals surface area contributed by atoms with Crippen LogP contribution in [-0.4, -0.2) is 18.1 Å². The van der Waals surface area contributed by atoms with E-state index in [-0.39, 0.29) is 0 Å². The molecule has 0 N–H and O–H groups in total. The van der Waals surface area contributed by atoms with E-state index in [2.05, 4.69) is 4.90 Å². The lowest BCUT2D eigenvalue weighted by atomic mass is 10.0. The summed E-state index contributed by atoms with van der Waals surface area (Å²) < 4.78 is 0. The lowest BCUT2D eigenvalue weighted by Gasteiger charge is -2.12. The third-order valence-electron chi connectivity index (χ3n) is 3.21. The maximum atomic E-state index is 4.78. The molecule has 3 rings (SSSR count). The monoisotopic (exact) mass is 208 g/mol. The second-order valence-electron chi connectivity index (χ2n) is 4.27. The van der Waals surface area contributed by atoms with Gasteiger partial charge in [-0.25, -0.2) is 4.98 Å². The second-order valence-corrected chi connectivity index (χ2v) is 5.33. The fourth-order valence-electron chi connectivity index (χ4n) is 2.38. The van der Waals surface area contributed by atoms with E-state index in [0.29, 0.717) is 0 Å². The van der Waals surface area contributed by atoms with Gasteiger partial charge in [0.05, 0.1) is 5.69 Å². The normalized spacial score (nSPS) is 21.3. The zero-order valence-corrected chi connectivity index (χ0v) is 9.28. The molecule has 0 bridgehead atoms. The van der Waals surface area contributed by atoms with Crippen molar-refractivity contribution < 1.29 is 0 Å². The van der Waals surface area contributed by atoms with Crippen LogP contribution in [0.4, 0.5) is 5.13 Å². The molecule has 0 spiro atoms. The highest BCUT2D eigenvalue weighted by Gasteiger charge is 2.20. The molecule has 1 aromatic rings. The van der Waals surface area contributed by atoms with Crippen molar-refractivity contribution in [3.8, 4) is 0 Å². The van der Waals surface area contributed by atoms with Crippen LogP contribution in [0.5, 0.6) is 0 Å². The first-order valence-electron chi connectivity index (χ1n) is 5.67. The first kappa shape index (κ1) is 8.72. The largest absolute Gasteiger partial charge is 0.348 e. The molecule has 1 aromatic heterocycles. The van der Waals surface area contributed by atoms with Gasteiger partial charge >= 0.3 is 0 Å². The van der Waals surface area contributed by atoms with E-state index in [0.717, 1.165) is 0 Å². The summed E-state index contributed by atoms with van der Waals surface area (Å²) in [6, 6.07) is 0. The Morgan fingerprint density at radius 3 is 2.57 bits per heavy atom. The summed E-state index contributed by atoms with van der Waals surface area (Å²) in [7, 11) is 0. The Bertz CT molecular complexity index is 303. The van der Waals surface area contributed by atoms with Crippen LogP contribution in [0.3, 0.4) is 0 Å². The number of aromatic nitrogens is 1. The lowest BCUT2D eigenvalue weighted by molar-refractivity contribution is 0.682. The molecule has 0 unspecified atom stereocenters. The van der Waals surface area contributed by atoms with Gasteiger partial charge in [0.1, 0.15) is 0 Å². The summed E-state index contributed by atoms with van der Waals surface area (Å²) >= 11 is 1.95. The zero-order valence-electron chi connectivity index (χ0n) is 8.46. The molecule has 1 saturated heterocycles. The van der Waals surface area contributed by atoms with Crippen molar-refractivity contribution in [2.45, 2.75) is 38.5 Å². The van der Waals surface area contributed by atoms with Gasteiger partial charge in [-0.2, -0.15) is 0 Å². The molecule has 1 fully saturated rings. The topological polar surface area (TPSA) is 16.1 Å². The van der Waals surface area contributed by atoms with Gasteiger partial charge in [0, 0.05) is 18.0 Å². The molecular weight excluding hydrogens is 192 g/mol. The third-order valence-corrected chi connectivity index (χ3v) is 4.43. The van der Waals surface area contributed by atoms with Gasteiger partial charge in [-0.05, 0) is 38.5 Å². The molecule has 3 heteroatoms. The molecule has 2 aliphatic rings. The van der Waals surface area contributed by atoms with E-state index in [9.17, 15) is 0 Å². The van der Waals surface area contributed by atoms with Crippen LogP contribution in [0, 0.1) is 0 Å². The van der Waals surface area contributed by atoms with Crippen molar-refractivity contribution in [1.82, 2.24) is 4.98 Å². The molecular formula is C11H16N2S.